The first-order chi connectivity index (χ1) is 10.7. The number of fused-ring (bicyclic) bond motifs is 2. The Hall–Kier alpha value is -2.74. The standard InChI is InChI=1S/C20H16N2/c1-13-7-8-16-12-21-10-9-17(16)19(13)20-18-6-4-3-5-15(18)11-14(2)22-20/h3-12H,1-2H3. The van der Waals surface area contributed by atoms with Gasteiger partial charge in [0.25, 0.3) is 0 Å². The summed E-state index contributed by atoms with van der Waals surface area (Å²) in [5.74, 6) is 0. The molecule has 4 rings (SSSR count). The summed E-state index contributed by atoms with van der Waals surface area (Å²) < 4.78 is 0. The molecule has 0 bridgehead atoms. The quantitative estimate of drug-likeness (QED) is 0.488. The molecule has 4 aromatic rings. The maximum Gasteiger partial charge on any atom is 0.0792 e. The van der Waals surface area contributed by atoms with Crippen LogP contribution in [-0.4, -0.2) is 9.97 Å². The fraction of sp³-hybridized carbons (Fsp3) is 0.100. The van der Waals surface area contributed by atoms with Gasteiger partial charge in [-0.1, -0.05) is 36.4 Å². The van der Waals surface area contributed by atoms with Gasteiger partial charge in [-0.05, 0) is 42.3 Å². The summed E-state index contributed by atoms with van der Waals surface area (Å²) in [4.78, 5) is 9.10. The van der Waals surface area contributed by atoms with Crippen LogP contribution in [0.25, 0.3) is 32.8 Å². The van der Waals surface area contributed by atoms with Crippen LogP contribution in [0.1, 0.15) is 11.3 Å². The lowest BCUT2D eigenvalue weighted by molar-refractivity contribution is 1.22. The number of pyridine rings is 2. The molecule has 2 heterocycles. The van der Waals surface area contributed by atoms with E-state index < -0.39 is 0 Å². The van der Waals surface area contributed by atoms with Crippen LogP contribution in [0.4, 0.5) is 0 Å². The van der Waals surface area contributed by atoms with Gasteiger partial charge in [-0.2, -0.15) is 0 Å². The molecule has 0 atom stereocenters. The van der Waals surface area contributed by atoms with E-state index in [4.69, 9.17) is 4.98 Å². The number of hydrogen-bond acceptors (Lipinski definition) is 2. The molecule has 2 aromatic heterocycles. The van der Waals surface area contributed by atoms with Gasteiger partial charge in [0.05, 0.1) is 5.69 Å². The Morgan fingerprint density at radius 2 is 1.68 bits per heavy atom. The van der Waals surface area contributed by atoms with Crippen LogP contribution < -0.4 is 0 Å². The van der Waals surface area contributed by atoms with E-state index in [0.29, 0.717) is 0 Å². The molecule has 0 saturated heterocycles. The first kappa shape index (κ1) is 13.0. The maximum absolute atomic E-state index is 4.86. The molecule has 0 radical (unpaired) electrons. The molecule has 2 nitrogen and oxygen atoms in total. The monoisotopic (exact) mass is 284 g/mol. The smallest absolute Gasteiger partial charge is 0.0792 e. The predicted octanol–water partition coefficient (Wildman–Crippen LogP) is 5.07. The minimum atomic E-state index is 1.04. The zero-order valence-electron chi connectivity index (χ0n) is 12.7. The summed E-state index contributed by atoms with van der Waals surface area (Å²) in [6.07, 6.45) is 3.76. The van der Waals surface area contributed by atoms with Gasteiger partial charge >= 0.3 is 0 Å². The molecule has 0 fully saturated rings. The van der Waals surface area contributed by atoms with Gasteiger partial charge in [0.1, 0.15) is 0 Å². The number of benzene rings is 2. The fourth-order valence-electron chi connectivity index (χ4n) is 3.12. The lowest BCUT2D eigenvalue weighted by Gasteiger charge is -2.13. The van der Waals surface area contributed by atoms with E-state index in [2.05, 4.69) is 67.4 Å². The van der Waals surface area contributed by atoms with Crippen molar-refractivity contribution in [2.24, 2.45) is 0 Å². The van der Waals surface area contributed by atoms with Crippen LogP contribution in [0.3, 0.4) is 0 Å². The summed E-state index contributed by atoms with van der Waals surface area (Å²) >= 11 is 0. The molecule has 0 saturated carbocycles. The van der Waals surface area contributed by atoms with Crippen molar-refractivity contribution in [2.75, 3.05) is 0 Å². The van der Waals surface area contributed by atoms with Crippen molar-refractivity contribution >= 4 is 21.5 Å². The summed E-state index contributed by atoms with van der Waals surface area (Å²) in [6.45, 7) is 4.20. The predicted molar refractivity (Wildman–Crippen MR) is 92.0 cm³/mol. The van der Waals surface area contributed by atoms with Crippen LogP contribution in [0.5, 0.6) is 0 Å². The van der Waals surface area contributed by atoms with Crippen LogP contribution in [0.15, 0.2) is 60.9 Å². The Morgan fingerprint density at radius 1 is 0.818 bits per heavy atom. The van der Waals surface area contributed by atoms with Crippen LogP contribution in [0.2, 0.25) is 0 Å². The molecule has 0 aliphatic rings. The molecule has 106 valence electrons. The normalized spacial score (nSPS) is 11.2. The van der Waals surface area contributed by atoms with Crippen molar-refractivity contribution in [3.63, 3.8) is 0 Å². The third kappa shape index (κ3) is 1.96. The Kier molecular flexibility index (Phi) is 2.90. The van der Waals surface area contributed by atoms with Crippen molar-refractivity contribution in [1.82, 2.24) is 9.97 Å². The second-order valence-electron chi connectivity index (χ2n) is 5.69. The highest BCUT2D eigenvalue weighted by Crippen LogP contribution is 2.35. The number of aryl methyl sites for hydroxylation is 2. The number of rotatable bonds is 1. The van der Waals surface area contributed by atoms with Crippen LogP contribution in [0, 0.1) is 13.8 Å². The molecule has 22 heavy (non-hydrogen) atoms. The number of aromatic nitrogens is 2. The van der Waals surface area contributed by atoms with Gasteiger partial charge in [0.2, 0.25) is 0 Å². The molecule has 0 aliphatic carbocycles. The lowest BCUT2D eigenvalue weighted by Crippen LogP contribution is -1.93. The minimum Gasteiger partial charge on any atom is -0.264 e. The van der Waals surface area contributed by atoms with E-state index in [9.17, 15) is 0 Å². The summed E-state index contributed by atoms with van der Waals surface area (Å²) in [6, 6.07) is 16.9. The Labute approximate surface area is 129 Å². The van der Waals surface area contributed by atoms with Gasteiger partial charge < -0.3 is 0 Å². The molecule has 0 spiro atoms. The Morgan fingerprint density at radius 3 is 2.59 bits per heavy atom. The van der Waals surface area contributed by atoms with E-state index in [1.807, 2.05) is 12.4 Å². The molecule has 0 aliphatic heterocycles. The molecule has 0 amide bonds. The first-order valence-corrected chi connectivity index (χ1v) is 7.44. The molecular formula is C20H16N2. The van der Waals surface area contributed by atoms with Crippen molar-refractivity contribution < 1.29 is 0 Å². The summed E-state index contributed by atoms with van der Waals surface area (Å²) in [5, 5.41) is 4.78. The van der Waals surface area contributed by atoms with Gasteiger partial charge in [-0.15, -0.1) is 0 Å². The zero-order valence-corrected chi connectivity index (χ0v) is 12.7. The second kappa shape index (κ2) is 4.92. The molecular weight excluding hydrogens is 268 g/mol. The molecule has 2 heteroatoms. The van der Waals surface area contributed by atoms with Crippen molar-refractivity contribution in [3.05, 3.63) is 72.2 Å². The highest BCUT2D eigenvalue weighted by Gasteiger charge is 2.12. The third-order valence-electron chi connectivity index (χ3n) is 4.13. The third-order valence-corrected chi connectivity index (χ3v) is 4.13. The van der Waals surface area contributed by atoms with Crippen LogP contribution >= 0.6 is 0 Å². The van der Waals surface area contributed by atoms with E-state index in [-0.39, 0.29) is 0 Å². The van der Waals surface area contributed by atoms with E-state index >= 15 is 0 Å². The fourth-order valence-corrected chi connectivity index (χ4v) is 3.12. The first-order valence-electron chi connectivity index (χ1n) is 7.44. The average molecular weight is 284 g/mol. The van der Waals surface area contributed by atoms with Crippen molar-refractivity contribution in [2.45, 2.75) is 13.8 Å². The van der Waals surface area contributed by atoms with Crippen molar-refractivity contribution in [1.29, 1.82) is 0 Å². The summed E-state index contributed by atoms with van der Waals surface area (Å²) in [7, 11) is 0. The Bertz CT molecular complexity index is 1000. The van der Waals surface area contributed by atoms with Gasteiger partial charge in [0, 0.05) is 34.4 Å². The van der Waals surface area contributed by atoms with E-state index in [1.165, 1.54) is 27.3 Å². The van der Waals surface area contributed by atoms with Gasteiger partial charge in [-0.3, -0.25) is 9.97 Å². The largest absolute Gasteiger partial charge is 0.264 e. The molecule has 0 N–H and O–H groups in total. The zero-order chi connectivity index (χ0) is 15.1. The Balaban J connectivity index is 2.18. The maximum atomic E-state index is 4.86. The highest BCUT2D eigenvalue weighted by atomic mass is 14.7. The highest BCUT2D eigenvalue weighted by molar-refractivity contribution is 6.04. The van der Waals surface area contributed by atoms with Crippen molar-refractivity contribution in [3.8, 4) is 11.3 Å². The van der Waals surface area contributed by atoms with Gasteiger partial charge in [0.15, 0.2) is 0 Å². The number of nitrogens with zero attached hydrogens (tertiary/aromatic N) is 2. The minimum absolute atomic E-state index is 1.04. The summed E-state index contributed by atoms with van der Waals surface area (Å²) in [5.41, 5.74) is 4.55. The van der Waals surface area contributed by atoms with E-state index in [0.717, 1.165) is 16.8 Å². The second-order valence-corrected chi connectivity index (χ2v) is 5.69. The van der Waals surface area contributed by atoms with Gasteiger partial charge in [-0.25, -0.2) is 0 Å². The van der Waals surface area contributed by atoms with Crippen LogP contribution in [-0.2, 0) is 0 Å². The SMILES string of the molecule is Cc1cc2ccccc2c(-c2c(C)ccc3cnccc23)n1. The number of hydrogen-bond donors (Lipinski definition) is 0. The molecule has 2 aromatic carbocycles. The average Bonchev–Trinajstić information content (AvgIpc) is 2.54. The lowest BCUT2D eigenvalue weighted by atomic mass is 9.95. The van der Waals surface area contributed by atoms with E-state index in [1.54, 1.807) is 0 Å². The topological polar surface area (TPSA) is 25.8 Å². The molecule has 0 unspecified atom stereocenters.